The molecular weight excluding hydrogens is 292 g/mol. The van der Waals surface area contributed by atoms with Crippen molar-refractivity contribution in [2.75, 3.05) is 0 Å². The van der Waals surface area contributed by atoms with Crippen LogP contribution in [0.1, 0.15) is 41.0 Å². The molecule has 2 aromatic heterocycles. The van der Waals surface area contributed by atoms with Crippen molar-refractivity contribution in [2.45, 2.75) is 44.7 Å². The zero-order chi connectivity index (χ0) is 15.8. The molecule has 1 fully saturated rings. The number of aromatic amines is 1. The lowest BCUT2D eigenvalue weighted by Crippen LogP contribution is -2.40. The third-order valence-electron chi connectivity index (χ3n) is 4.80. The Morgan fingerprint density at radius 1 is 1.30 bits per heavy atom. The minimum absolute atomic E-state index is 0.102. The monoisotopic (exact) mass is 312 g/mol. The Kier molecular flexibility index (Phi) is 3.52. The van der Waals surface area contributed by atoms with Crippen LogP contribution in [0, 0.1) is 5.92 Å². The Morgan fingerprint density at radius 2 is 2.17 bits per heavy atom. The molecule has 0 radical (unpaired) electrons. The molecule has 2 aliphatic rings. The van der Waals surface area contributed by atoms with Crippen molar-refractivity contribution in [1.82, 2.24) is 20.1 Å². The summed E-state index contributed by atoms with van der Waals surface area (Å²) in [6.45, 7) is 0.854. The Balaban J connectivity index is 1.51. The fourth-order valence-electron chi connectivity index (χ4n) is 3.35. The van der Waals surface area contributed by atoms with E-state index in [2.05, 4.69) is 15.5 Å². The Bertz CT molecular complexity index is 774. The molecule has 6 nitrogen and oxygen atoms in total. The molecule has 0 aromatic carbocycles. The van der Waals surface area contributed by atoms with Gasteiger partial charge >= 0.3 is 0 Å². The van der Waals surface area contributed by atoms with E-state index in [0.717, 1.165) is 31.5 Å². The number of aromatic nitrogens is 3. The molecule has 2 N–H and O–H groups in total. The van der Waals surface area contributed by atoms with Gasteiger partial charge in [0.2, 0.25) is 0 Å². The first-order valence-electron chi connectivity index (χ1n) is 8.22. The van der Waals surface area contributed by atoms with Crippen molar-refractivity contribution in [2.24, 2.45) is 5.92 Å². The van der Waals surface area contributed by atoms with E-state index in [1.54, 1.807) is 18.3 Å². The van der Waals surface area contributed by atoms with E-state index in [4.69, 9.17) is 0 Å². The van der Waals surface area contributed by atoms with Crippen molar-refractivity contribution in [3.05, 3.63) is 51.7 Å². The first kappa shape index (κ1) is 14.2. The van der Waals surface area contributed by atoms with Gasteiger partial charge in [-0.1, -0.05) is 6.07 Å². The molecule has 4 rings (SSSR count). The molecule has 1 saturated carbocycles. The van der Waals surface area contributed by atoms with E-state index in [-0.39, 0.29) is 17.5 Å². The maximum atomic E-state index is 12.2. The van der Waals surface area contributed by atoms with E-state index < -0.39 is 0 Å². The molecular formula is C17H20N4O2. The Hall–Kier alpha value is -2.37. The summed E-state index contributed by atoms with van der Waals surface area (Å²) in [4.78, 5) is 24.3. The summed E-state index contributed by atoms with van der Waals surface area (Å²) in [5.74, 6) is 0.555. The lowest BCUT2D eigenvalue weighted by Gasteiger charge is -2.27. The van der Waals surface area contributed by atoms with Crippen molar-refractivity contribution in [3.8, 4) is 0 Å². The summed E-state index contributed by atoms with van der Waals surface area (Å²) >= 11 is 0. The van der Waals surface area contributed by atoms with Crippen molar-refractivity contribution in [3.63, 3.8) is 0 Å². The summed E-state index contributed by atoms with van der Waals surface area (Å²) in [5.41, 5.74) is 2.94. The van der Waals surface area contributed by atoms with Gasteiger partial charge in [-0.15, -0.1) is 0 Å². The van der Waals surface area contributed by atoms with Crippen LogP contribution in [0.4, 0.5) is 0 Å². The molecule has 6 heteroatoms. The van der Waals surface area contributed by atoms with Gasteiger partial charge in [0.15, 0.2) is 0 Å². The van der Waals surface area contributed by atoms with Crippen molar-refractivity contribution < 1.29 is 4.79 Å². The predicted molar refractivity (Wildman–Crippen MR) is 85.3 cm³/mol. The third kappa shape index (κ3) is 2.93. The second-order valence-electron chi connectivity index (χ2n) is 6.58. The number of carbonyl (C=O) groups is 1. The average Bonchev–Trinajstić information content (AvgIpc) is 3.19. The smallest absolute Gasteiger partial charge is 0.269 e. The van der Waals surface area contributed by atoms with E-state index in [1.165, 1.54) is 18.4 Å². The summed E-state index contributed by atoms with van der Waals surface area (Å²) in [6.07, 6.45) is 6.52. The highest BCUT2D eigenvalue weighted by Gasteiger charge is 2.27. The largest absolute Gasteiger partial charge is 0.348 e. The van der Waals surface area contributed by atoms with Crippen LogP contribution in [-0.4, -0.2) is 26.7 Å². The molecule has 2 aromatic rings. The summed E-state index contributed by atoms with van der Waals surface area (Å²) in [6, 6.07) is 5.36. The number of amides is 1. The fourth-order valence-corrected chi connectivity index (χ4v) is 3.35. The van der Waals surface area contributed by atoms with Gasteiger partial charge in [-0.05, 0) is 49.7 Å². The number of hydrogen-bond acceptors (Lipinski definition) is 3. The molecule has 0 bridgehead atoms. The topological polar surface area (TPSA) is 79.8 Å². The summed E-state index contributed by atoms with van der Waals surface area (Å²) in [7, 11) is 0. The molecule has 2 heterocycles. The van der Waals surface area contributed by atoms with Crippen LogP contribution >= 0.6 is 0 Å². The molecule has 1 amide bonds. The van der Waals surface area contributed by atoms with Crippen molar-refractivity contribution >= 4 is 5.91 Å². The zero-order valence-corrected chi connectivity index (χ0v) is 12.9. The van der Waals surface area contributed by atoms with Crippen LogP contribution in [0.25, 0.3) is 0 Å². The predicted octanol–water partition coefficient (Wildman–Crippen LogP) is 1.27. The summed E-state index contributed by atoms with van der Waals surface area (Å²) in [5, 5.41) is 9.54. The van der Waals surface area contributed by atoms with Gasteiger partial charge in [-0.25, -0.2) is 0 Å². The number of nitrogens with zero attached hydrogens (tertiary/aromatic N) is 2. The molecule has 2 aliphatic carbocycles. The van der Waals surface area contributed by atoms with Crippen LogP contribution in [0.5, 0.6) is 0 Å². The molecule has 0 spiro atoms. The molecule has 23 heavy (non-hydrogen) atoms. The fraction of sp³-hybridized carbons (Fsp3) is 0.471. The number of hydrogen-bond donors (Lipinski definition) is 2. The first-order valence-corrected chi connectivity index (χ1v) is 8.22. The van der Waals surface area contributed by atoms with Crippen LogP contribution in [0.15, 0.2) is 29.2 Å². The van der Waals surface area contributed by atoms with Crippen LogP contribution < -0.4 is 10.9 Å². The van der Waals surface area contributed by atoms with Crippen molar-refractivity contribution in [1.29, 1.82) is 0 Å². The lowest BCUT2D eigenvalue weighted by atomic mass is 9.91. The zero-order valence-electron chi connectivity index (χ0n) is 12.9. The maximum Gasteiger partial charge on any atom is 0.269 e. The normalized spacial score (nSPS) is 20.1. The maximum absolute atomic E-state index is 12.2. The lowest BCUT2D eigenvalue weighted by molar-refractivity contribution is 0.0928. The highest BCUT2D eigenvalue weighted by Crippen LogP contribution is 2.31. The number of carbonyl (C=O) groups excluding carboxylic acids is 1. The van der Waals surface area contributed by atoms with Gasteiger partial charge < -0.3 is 9.88 Å². The van der Waals surface area contributed by atoms with Gasteiger partial charge in [0.1, 0.15) is 5.69 Å². The minimum atomic E-state index is -0.123. The van der Waals surface area contributed by atoms with Gasteiger partial charge in [0.25, 0.3) is 11.5 Å². The third-order valence-corrected chi connectivity index (χ3v) is 4.80. The van der Waals surface area contributed by atoms with Gasteiger partial charge in [0, 0.05) is 30.5 Å². The van der Waals surface area contributed by atoms with E-state index in [0.29, 0.717) is 11.6 Å². The minimum Gasteiger partial charge on any atom is -0.348 e. The van der Waals surface area contributed by atoms with Crippen LogP contribution in [-0.2, 0) is 19.4 Å². The number of fused-ring (bicyclic) bond motifs is 1. The summed E-state index contributed by atoms with van der Waals surface area (Å²) < 4.78 is 1.96. The van der Waals surface area contributed by atoms with Crippen LogP contribution in [0.3, 0.4) is 0 Å². The van der Waals surface area contributed by atoms with Gasteiger partial charge in [-0.3, -0.25) is 14.7 Å². The Labute approximate surface area is 133 Å². The quantitative estimate of drug-likeness (QED) is 0.892. The number of rotatable bonds is 4. The standard InChI is InChI=1S/C17H20N4O2/c22-16-6-3-12-9-13(19-17(23)14-7-8-18-20-14)4-5-15(12)21(16)10-11-1-2-11/h3,6-8,11,13H,1-2,4-5,9-10H2,(H,18,20)(H,19,23)/t13-/m1/s1. The Morgan fingerprint density at radius 3 is 2.91 bits per heavy atom. The van der Waals surface area contributed by atoms with Crippen LogP contribution in [0.2, 0.25) is 0 Å². The number of nitrogens with one attached hydrogen (secondary N) is 2. The second kappa shape index (κ2) is 5.68. The van der Waals surface area contributed by atoms with E-state index >= 15 is 0 Å². The molecule has 0 unspecified atom stereocenters. The molecule has 0 saturated heterocycles. The average molecular weight is 312 g/mol. The van der Waals surface area contributed by atoms with E-state index in [1.807, 2.05) is 10.6 Å². The highest BCUT2D eigenvalue weighted by molar-refractivity contribution is 5.92. The second-order valence-corrected chi connectivity index (χ2v) is 6.58. The number of pyridine rings is 1. The molecule has 1 atom stereocenters. The first-order chi connectivity index (χ1) is 11.2. The highest BCUT2D eigenvalue weighted by atomic mass is 16.2. The van der Waals surface area contributed by atoms with Gasteiger partial charge in [0.05, 0.1) is 0 Å². The van der Waals surface area contributed by atoms with E-state index in [9.17, 15) is 9.59 Å². The number of H-pyrrole nitrogens is 1. The molecule has 120 valence electrons. The SMILES string of the molecule is O=C(N[C@@H]1CCc2c(ccc(=O)n2CC2CC2)C1)c1ccn[nH]1. The van der Waals surface area contributed by atoms with Gasteiger partial charge in [-0.2, -0.15) is 5.10 Å². The molecule has 0 aliphatic heterocycles.